The van der Waals surface area contributed by atoms with Gasteiger partial charge in [-0.05, 0) is 36.2 Å². The molecule has 26 heavy (non-hydrogen) atoms. The van der Waals surface area contributed by atoms with E-state index < -0.39 is 0 Å². The molecule has 0 unspecified atom stereocenters. The molecule has 2 aromatic rings. The summed E-state index contributed by atoms with van der Waals surface area (Å²) >= 11 is 0. The van der Waals surface area contributed by atoms with Crippen molar-refractivity contribution in [2.75, 3.05) is 45.1 Å². The Morgan fingerprint density at radius 1 is 1.08 bits per heavy atom. The topological polar surface area (TPSA) is 81.7 Å². The van der Waals surface area contributed by atoms with Crippen LogP contribution in [0, 0.1) is 0 Å². The van der Waals surface area contributed by atoms with Crippen LogP contribution in [0.15, 0.2) is 36.5 Å². The number of methoxy groups -OCH3 is 3. The van der Waals surface area contributed by atoms with Crippen molar-refractivity contribution in [3.8, 4) is 11.5 Å². The second-order valence-electron chi connectivity index (χ2n) is 5.59. The summed E-state index contributed by atoms with van der Waals surface area (Å²) in [6.45, 7) is 1.29. The van der Waals surface area contributed by atoms with E-state index in [1.54, 1.807) is 27.5 Å². The van der Waals surface area contributed by atoms with E-state index in [2.05, 4.69) is 15.6 Å². The van der Waals surface area contributed by atoms with Gasteiger partial charge in [0.2, 0.25) is 5.91 Å². The highest BCUT2D eigenvalue weighted by atomic mass is 16.5. The Labute approximate surface area is 153 Å². The summed E-state index contributed by atoms with van der Waals surface area (Å²) in [7, 11) is 4.84. The zero-order chi connectivity index (χ0) is 18.8. The molecule has 0 radical (unpaired) electrons. The third-order valence-electron chi connectivity index (χ3n) is 3.75. The number of hydrogen-bond acceptors (Lipinski definition) is 6. The molecule has 7 nitrogen and oxygen atoms in total. The van der Waals surface area contributed by atoms with E-state index in [1.807, 2.05) is 30.3 Å². The number of pyridine rings is 1. The van der Waals surface area contributed by atoms with Crippen LogP contribution in [0.1, 0.15) is 12.0 Å². The minimum atomic E-state index is -0.0679. The first-order chi connectivity index (χ1) is 12.7. The molecule has 1 aromatic carbocycles. The molecule has 0 fully saturated rings. The van der Waals surface area contributed by atoms with Gasteiger partial charge >= 0.3 is 0 Å². The van der Waals surface area contributed by atoms with Crippen LogP contribution in [0.4, 0.5) is 11.5 Å². The number of rotatable bonds is 10. The molecule has 0 saturated carbocycles. The van der Waals surface area contributed by atoms with Crippen molar-refractivity contribution in [2.45, 2.75) is 12.8 Å². The summed E-state index contributed by atoms with van der Waals surface area (Å²) in [4.78, 5) is 16.4. The van der Waals surface area contributed by atoms with Gasteiger partial charge in [-0.1, -0.05) is 6.07 Å². The molecular weight excluding hydrogens is 334 g/mol. The average molecular weight is 359 g/mol. The molecular formula is C19H25N3O4. The standard InChI is InChI=1S/C19H25N3O4/c1-24-11-10-20-18-8-6-15(13-21-18)22-19(23)9-5-14-4-7-16(25-2)17(12-14)26-3/h4,6-8,12-13H,5,9-11H2,1-3H3,(H,20,21)(H,22,23). The van der Waals surface area contributed by atoms with Crippen LogP contribution in [0.3, 0.4) is 0 Å². The van der Waals surface area contributed by atoms with Gasteiger partial charge in [0.25, 0.3) is 0 Å². The lowest BCUT2D eigenvalue weighted by atomic mass is 10.1. The predicted octanol–water partition coefficient (Wildman–Crippen LogP) is 2.73. The Morgan fingerprint density at radius 2 is 1.88 bits per heavy atom. The van der Waals surface area contributed by atoms with Crippen LogP contribution >= 0.6 is 0 Å². The van der Waals surface area contributed by atoms with Gasteiger partial charge < -0.3 is 24.8 Å². The van der Waals surface area contributed by atoms with Crippen LogP contribution in [0.25, 0.3) is 0 Å². The quantitative estimate of drug-likeness (QED) is 0.635. The van der Waals surface area contributed by atoms with Crippen molar-refractivity contribution in [3.63, 3.8) is 0 Å². The van der Waals surface area contributed by atoms with E-state index in [9.17, 15) is 4.79 Å². The number of nitrogens with one attached hydrogen (secondary N) is 2. The molecule has 140 valence electrons. The van der Waals surface area contributed by atoms with Crippen molar-refractivity contribution >= 4 is 17.4 Å². The summed E-state index contributed by atoms with van der Waals surface area (Å²) in [6.07, 6.45) is 2.60. The van der Waals surface area contributed by atoms with E-state index in [0.717, 1.165) is 11.4 Å². The average Bonchev–Trinajstić information content (AvgIpc) is 2.67. The third kappa shape index (κ3) is 5.93. The Hall–Kier alpha value is -2.80. The molecule has 0 spiro atoms. The lowest BCUT2D eigenvalue weighted by Gasteiger charge is -2.10. The molecule has 1 heterocycles. The minimum Gasteiger partial charge on any atom is -0.493 e. The number of ether oxygens (including phenoxy) is 3. The monoisotopic (exact) mass is 359 g/mol. The second-order valence-corrected chi connectivity index (χ2v) is 5.59. The predicted molar refractivity (Wildman–Crippen MR) is 101 cm³/mol. The molecule has 1 amide bonds. The van der Waals surface area contributed by atoms with Crippen LogP contribution < -0.4 is 20.1 Å². The van der Waals surface area contributed by atoms with Gasteiger partial charge in [-0.3, -0.25) is 4.79 Å². The van der Waals surface area contributed by atoms with Crippen molar-refractivity contribution < 1.29 is 19.0 Å². The van der Waals surface area contributed by atoms with Gasteiger partial charge in [0.05, 0.1) is 32.7 Å². The normalized spacial score (nSPS) is 10.3. The van der Waals surface area contributed by atoms with Gasteiger partial charge in [-0.2, -0.15) is 0 Å². The van der Waals surface area contributed by atoms with E-state index in [4.69, 9.17) is 14.2 Å². The highest BCUT2D eigenvalue weighted by Crippen LogP contribution is 2.28. The molecule has 7 heteroatoms. The number of nitrogens with zero attached hydrogens (tertiary/aromatic N) is 1. The number of aromatic nitrogens is 1. The smallest absolute Gasteiger partial charge is 0.224 e. The maximum absolute atomic E-state index is 12.1. The molecule has 0 aliphatic heterocycles. The number of aryl methyl sites for hydroxylation is 1. The first-order valence-electron chi connectivity index (χ1n) is 8.36. The zero-order valence-corrected chi connectivity index (χ0v) is 15.4. The van der Waals surface area contributed by atoms with Gasteiger partial charge in [0.1, 0.15) is 5.82 Å². The maximum atomic E-state index is 12.1. The third-order valence-corrected chi connectivity index (χ3v) is 3.75. The minimum absolute atomic E-state index is 0.0679. The van der Waals surface area contributed by atoms with Crippen LogP contribution in [0.5, 0.6) is 11.5 Å². The van der Waals surface area contributed by atoms with Crippen molar-refractivity contribution in [1.29, 1.82) is 0 Å². The van der Waals surface area contributed by atoms with Crippen molar-refractivity contribution in [3.05, 3.63) is 42.1 Å². The molecule has 0 aliphatic rings. The SMILES string of the molecule is COCCNc1ccc(NC(=O)CCc2ccc(OC)c(OC)c2)cn1. The van der Waals surface area contributed by atoms with Gasteiger partial charge in [-0.15, -0.1) is 0 Å². The number of carbonyl (C=O) groups is 1. The molecule has 1 aromatic heterocycles. The maximum Gasteiger partial charge on any atom is 0.224 e. The van der Waals surface area contributed by atoms with Crippen molar-refractivity contribution in [2.24, 2.45) is 0 Å². The summed E-state index contributed by atoms with van der Waals surface area (Å²) in [5.74, 6) is 2.00. The summed E-state index contributed by atoms with van der Waals surface area (Å²) in [5.41, 5.74) is 1.67. The first kappa shape index (κ1) is 19.5. The number of hydrogen-bond donors (Lipinski definition) is 2. The lowest BCUT2D eigenvalue weighted by molar-refractivity contribution is -0.116. The Balaban J connectivity index is 1.83. The van der Waals surface area contributed by atoms with Crippen LogP contribution in [-0.2, 0) is 16.0 Å². The summed E-state index contributed by atoms with van der Waals surface area (Å²) in [5, 5.41) is 5.97. The molecule has 0 atom stereocenters. The highest BCUT2D eigenvalue weighted by molar-refractivity contribution is 5.90. The number of benzene rings is 1. The Kier molecular flexibility index (Phi) is 7.70. The number of amides is 1. The van der Waals surface area contributed by atoms with E-state index in [-0.39, 0.29) is 5.91 Å². The first-order valence-corrected chi connectivity index (χ1v) is 8.36. The van der Waals surface area contributed by atoms with E-state index in [1.165, 1.54) is 0 Å². The fraction of sp³-hybridized carbons (Fsp3) is 0.368. The van der Waals surface area contributed by atoms with E-state index >= 15 is 0 Å². The fourth-order valence-corrected chi connectivity index (χ4v) is 2.37. The molecule has 0 bridgehead atoms. The van der Waals surface area contributed by atoms with Gasteiger partial charge in [0.15, 0.2) is 11.5 Å². The summed E-state index contributed by atoms with van der Waals surface area (Å²) in [6, 6.07) is 9.28. The van der Waals surface area contributed by atoms with Crippen LogP contribution in [0.2, 0.25) is 0 Å². The molecule has 0 aliphatic carbocycles. The largest absolute Gasteiger partial charge is 0.493 e. The fourth-order valence-electron chi connectivity index (χ4n) is 2.37. The zero-order valence-electron chi connectivity index (χ0n) is 15.4. The van der Waals surface area contributed by atoms with Crippen LogP contribution in [-0.4, -0.2) is 45.4 Å². The Morgan fingerprint density at radius 3 is 2.54 bits per heavy atom. The number of anilines is 2. The highest BCUT2D eigenvalue weighted by Gasteiger charge is 2.07. The number of carbonyl (C=O) groups excluding carboxylic acids is 1. The van der Waals surface area contributed by atoms with E-state index in [0.29, 0.717) is 43.2 Å². The molecule has 0 saturated heterocycles. The lowest BCUT2D eigenvalue weighted by Crippen LogP contribution is -2.13. The molecule has 2 rings (SSSR count). The van der Waals surface area contributed by atoms with Gasteiger partial charge in [0, 0.05) is 20.1 Å². The van der Waals surface area contributed by atoms with Gasteiger partial charge in [-0.25, -0.2) is 4.98 Å². The summed E-state index contributed by atoms with van der Waals surface area (Å²) < 4.78 is 15.5. The second kappa shape index (κ2) is 10.2. The van der Waals surface area contributed by atoms with Crippen molar-refractivity contribution in [1.82, 2.24) is 4.98 Å². The molecule has 2 N–H and O–H groups in total. The Bertz CT molecular complexity index is 704.